The monoisotopic (exact) mass is 335 g/mol. The summed E-state index contributed by atoms with van der Waals surface area (Å²) in [6.07, 6.45) is 0. The number of rotatable bonds is 6. The molecule has 2 rings (SSSR count). The molecule has 0 aliphatic heterocycles. The summed E-state index contributed by atoms with van der Waals surface area (Å²) in [5.41, 5.74) is 8.38. The second-order valence-corrected chi connectivity index (χ2v) is 5.33. The van der Waals surface area contributed by atoms with E-state index in [1.54, 1.807) is 7.11 Å². The van der Waals surface area contributed by atoms with Crippen molar-refractivity contribution in [1.82, 2.24) is 0 Å². The van der Waals surface area contributed by atoms with Crippen molar-refractivity contribution in [2.24, 2.45) is 5.73 Å². The van der Waals surface area contributed by atoms with Gasteiger partial charge in [0.2, 0.25) is 0 Å². The Morgan fingerprint density at radius 1 is 1.10 bits per heavy atom. The number of hydrogen-bond donors (Lipinski definition) is 1. The van der Waals surface area contributed by atoms with E-state index in [9.17, 15) is 0 Å². The van der Waals surface area contributed by atoms with Crippen LogP contribution in [-0.4, -0.2) is 20.3 Å². The van der Waals surface area contributed by atoms with Crippen molar-refractivity contribution in [3.63, 3.8) is 0 Å². The Hall–Kier alpha value is -1.36. The van der Waals surface area contributed by atoms with Crippen LogP contribution in [0.15, 0.2) is 53.0 Å². The summed E-state index contributed by atoms with van der Waals surface area (Å²) in [7, 11) is 1.66. The molecule has 2 N–H and O–H groups in total. The quantitative estimate of drug-likeness (QED) is 0.821. The highest BCUT2D eigenvalue weighted by Gasteiger charge is 2.14. The summed E-state index contributed by atoms with van der Waals surface area (Å²) in [5, 5.41) is 0. The predicted molar refractivity (Wildman–Crippen MR) is 84.0 cm³/mol. The van der Waals surface area contributed by atoms with Gasteiger partial charge in [-0.05, 0) is 23.8 Å². The number of benzene rings is 2. The van der Waals surface area contributed by atoms with E-state index in [4.69, 9.17) is 15.2 Å². The number of methoxy groups -OCH3 is 1. The molecule has 0 fully saturated rings. The van der Waals surface area contributed by atoms with Crippen LogP contribution >= 0.6 is 15.9 Å². The molecule has 0 saturated heterocycles. The topological polar surface area (TPSA) is 44.5 Å². The Bertz CT molecular complexity index is 560. The summed E-state index contributed by atoms with van der Waals surface area (Å²) in [5.74, 6) is 0.803. The molecule has 2 aromatic carbocycles. The molecule has 2 aromatic rings. The van der Waals surface area contributed by atoms with Crippen LogP contribution < -0.4 is 10.5 Å². The van der Waals surface area contributed by atoms with Gasteiger partial charge in [-0.2, -0.15) is 0 Å². The molecule has 0 aliphatic rings. The van der Waals surface area contributed by atoms with Crippen molar-refractivity contribution in [3.05, 3.63) is 64.1 Å². The van der Waals surface area contributed by atoms with E-state index >= 15 is 0 Å². The fourth-order valence-corrected chi connectivity index (χ4v) is 2.40. The van der Waals surface area contributed by atoms with Crippen LogP contribution in [-0.2, 0) is 4.74 Å². The first kappa shape index (κ1) is 15.0. The lowest BCUT2D eigenvalue weighted by Gasteiger charge is -2.17. The smallest absolute Gasteiger partial charge is 0.124 e. The van der Waals surface area contributed by atoms with Gasteiger partial charge < -0.3 is 15.2 Å². The third-order valence-electron chi connectivity index (χ3n) is 3.01. The Morgan fingerprint density at radius 2 is 1.90 bits per heavy atom. The second-order valence-electron chi connectivity index (χ2n) is 4.41. The molecular weight excluding hydrogens is 318 g/mol. The lowest BCUT2D eigenvalue weighted by Crippen LogP contribution is -2.14. The largest absolute Gasteiger partial charge is 0.491 e. The van der Waals surface area contributed by atoms with E-state index in [0.717, 1.165) is 21.3 Å². The Balaban J connectivity index is 2.23. The van der Waals surface area contributed by atoms with Crippen molar-refractivity contribution in [1.29, 1.82) is 0 Å². The summed E-state index contributed by atoms with van der Waals surface area (Å²) in [4.78, 5) is 0. The zero-order valence-corrected chi connectivity index (χ0v) is 13.0. The third-order valence-corrected chi connectivity index (χ3v) is 3.50. The van der Waals surface area contributed by atoms with Crippen LogP contribution in [0.2, 0.25) is 0 Å². The first-order chi connectivity index (χ1) is 9.72. The van der Waals surface area contributed by atoms with Crippen LogP contribution in [0.3, 0.4) is 0 Å². The summed E-state index contributed by atoms with van der Waals surface area (Å²) in [6.45, 7) is 1.07. The average Bonchev–Trinajstić information content (AvgIpc) is 2.47. The molecule has 1 unspecified atom stereocenters. The molecule has 0 bridgehead atoms. The van der Waals surface area contributed by atoms with Gasteiger partial charge in [-0.1, -0.05) is 46.3 Å². The SMILES string of the molecule is COCCOc1ccccc1C(N)c1cccc(Br)c1. The van der Waals surface area contributed by atoms with Crippen molar-refractivity contribution in [3.8, 4) is 5.75 Å². The van der Waals surface area contributed by atoms with Crippen molar-refractivity contribution >= 4 is 15.9 Å². The van der Waals surface area contributed by atoms with Gasteiger partial charge in [0.25, 0.3) is 0 Å². The molecule has 20 heavy (non-hydrogen) atoms. The maximum Gasteiger partial charge on any atom is 0.124 e. The summed E-state index contributed by atoms with van der Waals surface area (Å²) in [6, 6.07) is 15.6. The van der Waals surface area contributed by atoms with E-state index < -0.39 is 0 Å². The molecule has 0 saturated carbocycles. The first-order valence-electron chi connectivity index (χ1n) is 6.44. The molecule has 0 spiro atoms. The number of ether oxygens (including phenoxy) is 2. The molecule has 1 atom stereocenters. The zero-order valence-electron chi connectivity index (χ0n) is 11.4. The standard InChI is InChI=1S/C16H18BrNO2/c1-19-9-10-20-15-8-3-2-7-14(15)16(18)12-5-4-6-13(17)11-12/h2-8,11,16H,9-10,18H2,1H3. The Labute approximate surface area is 127 Å². The molecule has 3 nitrogen and oxygen atoms in total. The van der Waals surface area contributed by atoms with Gasteiger partial charge in [-0.3, -0.25) is 0 Å². The van der Waals surface area contributed by atoms with Gasteiger partial charge >= 0.3 is 0 Å². The minimum atomic E-state index is -0.216. The van der Waals surface area contributed by atoms with Gasteiger partial charge in [-0.15, -0.1) is 0 Å². The van der Waals surface area contributed by atoms with Crippen LogP contribution in [0, 0.1) is 0 Å². The van der Waals surface area contributed by atoms with Crippen molar-refractivity contribution in [2.75, 3.05) is 20.3 Å². The minimum Gasteiger partial charge on any atom is -0.491 e. The molecule has 0 heterocycles. The second kappa shape index (κ2) is 7.43. The van der Waals surface area contributed by atoms with Crippen LogP contribution in [0.4, 0.5) is 0 Å². The number of nitrogens with two attached hydrogens (primary N) is 1. The molecule has 0 radical (unpaired) electrons. The number of para-hydroxylation sites is 1. The molecular formula is C16H18BrNO2. The lowest BCUT2D eigenvalue weighted by atomic mass is 9.99. The number of hydrogen-bond acceptors (Lipinski definition) is 3. The van der Waals surface area contributed by atoms with Crippen LogP contribution in [0.25, 0.3) is 0 Å². The van der Waals surface area contributed by atoms with Crippen LogP contribution in [0.1, 0.15) is 17.2 Å². The van der Waals surface area contributed by atoms with Gasteiger partial charge in [-0.25, -0.2) is 0 Å². The molecule has 0 amide bonds. The predicted octanol–water partition coefficient (Wildman–Crippen LogP) is 3.52. The van der Waals surface area contributed by atoms with Gasteiger partial charge in [0.1, 0.15) is 12.4 Å². The normalized spacial score (nSPS) is 12.2. The lowest BCUT2D eigenvalue weighted by molar-refractivity contribution is 0.145. The Kier molecular flexibility index (Phi) is 5.59. The maximum atomic E-state index is 6.36. The fraction of sp³-hybridized carbons (Fsp3) is 0.250. The molecule has 0 aliphatic carbocycles. The van der Waals surface area contributed by atoms with E-state index in [2.05, 4.69) is 15.9 Å². The van der Waals surface area contributed by atoms with E-state index in [-0.39, 0.29) is 6.04 Å². The number of halogens is 1. The van der Waals surface area contributed by atoms with E-state index in [0.29, 0.717) is 13.2 Å². The average molecular weight is 336 g/mol. The van der Waals surface area contributed by atoms with Gasteiger partial charge in [0.05, 0.1) is 12.6 Å². The molecule has 0 aromatic heterocycles. The maximum absolute atomic E-state index is 6.36. The van der Waals surface area contributed by atoms with E-state index in [1.165, 1.54) is 0 Å². The zero-order chi connectivity index (χ0) is 14.4. The third kappa shape index (κ3) is 3.82. The highest BCUT2D eigenvalue weighted by Crippen LogP contribution is 2.29. The van der Waals surface area contributed by atoms with Gasteiger partial charge in [0, 0.05) is 17.1 Å². The fourth-order valence-electron chi connectivity index (χ4n) is 1.98. The van der Waals surface area contributed by atoms with Crippen LogP contribution in [0.5, 0.6) is 5.75 Å². The molecule has 106 valence electrons. The molecule has 4 heteroatoms. The van der Waals surface area contributed by atoms with Crippen molar-refractivity contribution in [2.45, 2.75) is 6.04 Å². The summed E-state index contributed by atoms with van der Waals surface area (Å²) >= 11 is 3.47. The highest BCUT2D eigenvalue weighted by molar-refractivity contribution is 9.10. The Morgan fingerprint density at radius 3 is 2.65 bits per heavy atom. The van der Waals surface area contributed by atoms with Gasteiger partial charge in [0.15, 0.2) is 0 Å². The summed E-state index contributed by atoms with van der Waals surface area (Å²) < 4.78 is 11.8. The first-order valence-corrected chi connectivity index (χ1v) is 7.23. The highest BCUT2D eigenvalue weighted by atomic mass is 79.9. The van der Waals surface area contributed by atoms with E-state index in [1.807, 2.05) is 48.5 Å². The minimum absolute atomic E-state index is 0.216. The van der Waals surface area contributed by atoms with Crippen molar-refractivity contribution < 1.29 is 9.47 Å².